The summed E-state index contributed by atoms with van der Waals surface area (Å²) < 4.78 is 7.22. The fourth-order valence-electron chi connectivity index (χ4n) is 4.01. The van der Waals surface area contributed by atoms with E-state index in [0.717, 1.165) is 22.6 Å². The number of rotatable bonds is 7. The van der Waals surface area contributed by atoms with Gasteiger partial charge in [-0.1, -0.05) is 65.8 Å². The Kier molecular flexibility index (Phi) is 6.03. The van der Waals surface area contributed by atoms with Crippen molar-refractivity contribution in [2.24, 2.45) is 0 Å². The van der Waals surface area contributed by atoms with Crippen LogP contribution < -0.4 is 15.0 Å². The van der Waals surface area contributed by atoms with Crippen molar-refractivity contribution in [1.29, 1.82) is 0 Å². The summed E-state index contributed by atoms with van der Waals surface area (Å²) in [5, 5.41) is 15.4. The SMILES string of the molecule is CCOc1ccc(NC(=O)CN2C(c3ccccc3)=C[C@@H](c3ccccc3)n3nnnc32)cc1. The Morgan fingerprint density at radius 1 is 0.971 bits per heavy atom. The quantitative estimate of drug-likeness (QED) is 0.453. The number of fused-ring (bicyclic) bond motifs is 1. The molecule has 0 radical (unpaired) electrons. The van der Waals surface area contributed by atoms with Gasteiger partial charge in [0.1, 0.15) is 18.3 Å². The van der Waals surface area contributed by atoms with E-state index < -0.39 is 0 Å². The summed E-state index contributed by atoms with van der Waals surface area (Å²) in [7, 11) is 0. The minimum absolute atomic E-state index is 0.0514. The number of carbonyl (C=O) groups excluding carboxylic acids is 1. The van der Waals surface area contributed by atoms with Crippen LogP contribution in [0.2, 0.25) is 0 Å². The molecule has 8 heteroatoms. The van der Waals surface area contributed by atoms with Gasteiger partial charge in [-0.2, -0.15) is 4.68 Å². The lowest BCUT2D eigenvalue weighted by Crippen LogP contribution is -2.37. The average molecular weight is 453 g/mol. The number of anilines is 2. The second kappa shape index (κ2) is 9.58. The molecule has 3 aromatic carbocycles. The minimum Gasteiger partial charge on any atom is -0.494 e. The number of aromatic nitrogens is 4. The number of ether oxygens (including phenoxy) is 1. The van der Waals surface area contributed by atoms with Crippen molar-refractivity contribution in [3.63, 3.8) is 0 Å². The van der Waals surface area contributed by atoms with E-state index in [0.29, 0.717) is 18.2 Å². The number of allylic oxidation sites excluding steroid dienone is 1. The zero-order chi connectivity index (χ0) is 23.3. The highest BCUT2D eigenvalue weighted by atomic mass is 16.5. The van der Waals surface area contributed by atoms with Crippen LogP contribution in [0.15, 0.2) is 91.0 Å². The van der Waals surface area contributed by atoms with Gasteiger partial charge in [-0.05, 0) is 58.8 Å². The molecular formula is C26H24N6O2. The average Bonchev–Trinajstić information content (AvgIpc) is 3.37. The minimum atomic E-state index is -0.188. The molecule has 0 fully saturated rings. The number of hydrogen-bond donors (Lipinski definition) is 1. The van der Waals surface area contributed by atoms with Gasteiger partial charge >= 0.3 is 0 Å². The van der Waals surface area contributed by atoms with Gasteiger partial charge in [0.05, 0.1) is 12.3 Å². The second-order valence-electron chi connectivity index (χ2n) is 7.79. The number of nitrogens with zero attached hydrogens (tertiary/aromatic N) is 5. The van der Waals surface area contributed by atoms with Crippen LogP contribution >= 0.6 is 0 Å². The molecule has 0 aliphatic carbocycles. The second-order valence-corrected chi connectivity index (χ2v) is 7.79. The summed E-state index contributed by atoms with van der Waals surface area (Å²) in [5.41, 5.74) is 3.60. The summed E-state index contributed by atoms with van der Waals surface area (Å²) in [6.45, 7) is 2.58. The summed E-state index contributed by atoms with van der Waals surface area (Å²) in [5.74, 6) is 1.09. The highest BCUT2D eigenvalue weighted by Crippen LogP contribution is 2.36. The Morgan fingerprint density at radius 2 is 1.68 bits per heavy atom. The molecule has 5 rings (SSSR count). The van der Waals surface area contributed by atoms with Crippen LogP contribution in [0.4, 0.5) is 11.6 Å². The summed E-state index contributed by atoms with van der Waals surface area (Å²) in [6.07, 6.45) is 2.10. The van der Waals surface area contributed by atoms with Crippen LogP contribution in [0.1, 0.15) is 24.1 Å². The van der Waals surface area contributed by atoms with E-state index in [4.69, 9.17) is 4.74 Å². The molecule has 0 spiro atoms. The van der Waals surface area contributed by atoms with Crippen LogP contribution in [0.5, 0.6) is 5.75 Å². The van der Waals surface area contributed by atoms with Crippen LogP contribution in [0, 0.1) is 0 Å². The van der Waals surface area contributed by atoms with Gasteiger partial charge in [0.15, 0.2) is 0 Å². The zero-order valence-corrected chi connectivity index (χ0v) is 18.7. The smallest absolute Gasteiger partial charge is 0.251 e. The molecule has 1 atom stereocenters. The third-order valence-corrected chi connectivity index (χ3v) is 5.55. The maximum Gasteiger partial charge on any atom is 0.251 e. The van der Waals surface area contributed by atoms with Gasteiger partial charge in [-0.3, -0.25) is 9.69 Å². The van der Waals surface area contributed by atoms with Crippen molar-refractivity contribution < 1.29 is 9.53 Å². The molecule has 0 unspecified atom stereocenters. The largest absolute Gasteiger partial charge is 0.494 e. The third kappa shape index (κ3) is 4.38. The highest BCUT2D eigenvalue weighted by Gasteiger charge is 2.31. The van der Waals surface area contributed by atoms with Crippen molar-refractivity contribution >= 4 is 23.2 Å². The number of carbonyl (C=O) groups is 1. The van der Waals surface area contributed by atoms with E-state index in [1.54, 1.807) is 4.68 Å². The summed E-state index contributed by atoms with van der Waals surface area (Å²) in [4.78, 5) is 14.9. The Hall–Kier alpha value is -4.46. The van der Waals surface area contributed by atoms with Crippen molar-refractivity contribution in [2.75, 3.05) is 23.4 Å². The van der Waals surface area contributed by atoms with E-state index in [1.165, 1.54) is 0 Å². The molecule has 2 heterocycles. The van der Waals surface area contributed by atoms with Crippen LogP contribution in [-0.4, -0.2) is 39.3 Å². The van der Waals surface area contributed by atoms with Crippen molar-refractivity contribution in [3.05, 3.63) is 102 Å². The Bertz CT molecular complexity index is 1290. The van der Waals surface area contributed by atoms with E-state index in [-0.39, 0.29) is 18.5 Å². The first-order valence-electron chi connectivity index (χ1n) is 11.1. The first-order chi connectivity index (χ1) is 16.7. The Labute approximate surface area is 197 Å². The molecule has 1 N–H and O–H groups in total. The summed E-state index contributed by atoms with van der Waals surface area (Å²) in [6, 6.07) is 27.1. The predicted octanol–water partition coefficient (Wildman–Crippen LogP) is 4.16. The van der Waals surface area contributed by atoms with Gasteiger partial charge in [-0.25, -0.2) is 0 Å². The molecule has 1 aromatic heterocycles. The number of tetrazole rings is 1. The van der Waals surface area contributed by atoms with Crippen LogP contribution in [-0.2, 0) is 4.79 Å². The monoisotopic (exact) mass is 452 g/mol. The maximum absolute atomic E-state index is 13.1. The van der Waals surface area contributed by atoms with Crippen molar-refractivity contribution in [3.8, 4) is 5.75 Å². The fourth-order valence-corrected chi connectivity index (χ4v) is 4.01. The molecule has 1 aliphatic heterocycles. The molecule has 1 amide bonds. The number of hydrogen-bond acceptors (Lipinski definition) is 6. The number of benzene rings is 3. The maximum atomic E-state index is 13.1. The summed E-state index contributed by atoms with van der Waals surface area (Å²) >= 11 is 0. The Morgan fingerprint density at radius 3 is 2.38 bits per heavy atom. The molecular weight excluding hydrogens is 428 g/mol. The van der Waals surface area contributed by atoms with Crippen LogP contribution in [0.3, 0.4) is 0 Å². The van der Waals surface area contributed by atoms with E-state index in [1.807, 2.05) is 96.8 Å². The van der Waals surface area contributed by atoms with Crippen molar-refractivity contribution in [1.82, 2.24) is 20.2 Å². The van der Waals surface area contributed by atoms with Gasteiger partial charge in [0.25, 0.3) is 5.95 Å². The van der Waals surface area contributed by atoms with Gasteiger partial charge < -0.3 is 10.1 Å². The Balaban J connectivity index is 1.46. The molecule has 0 saturated heterocycles. The highest BCUT2D eigenvalue weighted by molar-refractivity contribution is 5.97. The standard InChI is InChI=1S/C26H24N6O2/c1-2-34-22-15-13-21(14-16-22)27-25(33)18-31-23(19-9-5-3-6-10-19)17-24(20-11-7-4-8-12-20)32-26(31)28-29-30-32/h3-17,24H,2,18H2,1H3,(H,27,33)/t24-/m0/s1. The van der Waals surface area contributed by atoms with Crippen molar-refractivity contribution in [2.45, 2.75) is 13.0 Å². The number of nitrogens with one attached hydrogen (secondary N) is 1. The lowest BCUT2D eigenvalue weighted by Gasteiger charge is -2.32. The molecule has 0 saturated carbocycles. The molecule has 1 aliphatic rings. The molecule has 8 nitrogen and oxygen atoms in total. The fraction of sp³-hybridized carbons (Fsp3) is 0.154. The molecule has 170 valence electrons. The third-order valence-electron chi connectivity index (χ3n) is 5.55. The van der Waals surface area contributed by atoms with E-state index in [2.05, 4.69) is 26.9 Å². The molecule has 0 bridgehead atoms. The first-order valence-corrected chi connectivity index (χ1v) is 11.1. The lowest BCUT2D eigenvalue weighted by atomic mass is 10.0. The normalized spacial score (nSPS) is 14.8. The molecule has 34 heavy (non-hydrogen) atoms. The lowest BCUT2D eigenvalue weighted by molar-refractivity contribution is -0.114. The van der Waals surface area contributed by atoms with Gasteiger partial charge in [-0.15, -0.1) is 0 Å². The zero-order valence-electron chi connectivity index (χ0n) is 18.7. The van der Waals surface area contributed by atoms with Gasteiger partial charge in [0, 0.05) is 5.69 Å². The van der Waals surface area contributed by atoms with Gasteiger partial charge in [0.2, 0.25) is 5.91 Å². The van der Waals surface area contributed by atoms with E-state index in [9.17, 15) is 4.79 Å². The first kappa shape index (κ1) is 21.4. The van der Waals surface area contributed by atoms with E-state index >= 15 is 0 Å². The topological polar surface area (TPSA) is 85.2 Å². The van der Waals surface area contributed by atoms with Crippen LogP contribution in [0.25, 0.3) is 5.70 Å². The number of amides is 1. The molecule has 4 aromatic rings. The predicted molar refractivity (Wildman–Crippen MR) is 130 cm³/mol.